The minimum Gasteiger partial charge on any atom is -0.481 e. The van der Waals surface area contributed by atoms with E-state index in [0.717, 1.165) is 55.8 Å². The highest BCUT2D eigenvalue weighted by molar-refractivity contribution is 6.30. The Bertz CT molecular complexity index is 1040. The van der Waals surface area contributed by atoms with Crippen molar-refractivity contribution in [1.29, 1.82) is 0 Å². The van der Waals surface area contributed by atoms with E-state index in [1.165, 1.54) is 5.56 Å². The van der Waals surface area contributed by atoms with Crippen LogP contribution < -0.4 is 4.74 Å². The van der Waals surface area contributed by atoms with Crippen LogP contribution >= 0.6 is 11.6 Å². The summed E-state index contributed by atoms with van der Waals surface area (Å²) in [5.74, 6) is 0.852. The first kappa shape index (κ1) is 18.5. The molecule has 0 unspecified atom stereocenters. The van der Waals surface area contributed by atoms with E-state index in [-0.39, 0.29) is 0 Å². The van der Waals surface area contributed by atoms with Crippen molar-refractivity contribution in [1.82, 2.24) is 9.47 Å². The highest BCUT2D eigenvalue weighted by atomic mass is 35.5. The van der Waals surface area contributed by atoms with Gasteiger partial charge in [0.1, 0.15) is 5.75 Å². The fourth-order valence-electron chi connectivity index (χ4n) is 4.59. The van der Waals surface area contributed by atoms with Gasteiger partial charge in [0.25, 0.3) is 0 Å². The van der Waals surface area contributed by atoms with Crippen LogP contribution in [0.3, 0.4) is 0 Å². The number of rotatable bonds is 3. The molecule has 2 aliphatic heterocycles. The van der Waals surface area contributed by atoms with Crippen molar-refractivity contribution in [2.24, 2.45) is 0 Å². The van der Waals surface area contributed by atoms with Gasteiger partial charge in [-0.15, -0.1) is 0 Å². The summed E-state index contributed by atoms with van der Waals surface area (Å²) < 4.78 is 8.88. The van der Waals surface area contributed by atoms with Crippen molar-refractivity contribution in [3.05, 3.63) is 88.2 Å². The van der Waals surface area contributed by atoms with E-state index in [1.807, 2.05) is 30.5 Å². The van der Waals surface area contributed by atoms with E-state index in [4.69, 9.17) is 16.3 Å². The molecule has 4 nitrogen and oxygen atoms in total. The average Bonchev–Trinajstić information content (AvgIpc) is 3.11. The molecule has 1 aromatic heterocycles. The second-order valence-electron chi connectivity index (χ2n) is 8.01. The van der Waals surface area contributed by atoms with Crippen LogP contribution in [0.2, 0.25) is 5.02 Å². The van der Waals surface area contributed by atoms with Crippen molar-refractivity contribution in [2.45, 2.75) is 31.5 Å². The topological polar surface area (TPSA) is 34.5 Å². The lowest BCUT2D eigenvalue weighted by atomic mass is 9.87. The molecule has 3 aromatic rings. The Hall–Kier alpha value is -2.56. The quantitative estimate of drug-likeness (QED) is 0.581. The third-order valence-corrected chi connectivity index (χ3v) is 6.34. The lowest BCUT2D eigenvalue weighted by molar-refractivity contribution is -0.00810. The zero-order valence-electron chi connectivity index (χ0n) is 16.2. The zero-order chi connectivity index (χ0) is 19.8. The summed E-state index contributed by atoms with van der Waals surface area (Å²) >= 11 is 6.26. The molecule has 0 amide bonds. The number of nitrogens with zero attached hydrogens (tertiary/aromatic N) is 2. The summed E-state index contributed by atoms with van der Waals surface area (Å²) in [4.78, 5) is 13.9. The van der Waals surface area contributed by atoms with Gasteiger partial charge in [0.05, 0.1) is 12.2 Å². The summed E-state index contributed by atoms with van der Waals surface area (Å²) in [6.45, 7) is 3.50. The summed E-state index contributed by atoms with van der Waals surface area (Å²) in [6.07, 6.45) is 4.60. The second kappa shape index (κ2) is 7.36. The third-order valence-electron chi connectivity index (χ3n) is 6.11. The first-order valence-electron chi connectivity index (χ1n) is 10.0. The minimum absolute atomic E-state index is 0.440. The Labute approximate surface area is 175 Å². The van der Waals surface area contributed by atoms with Crippen LogP contribution in [0.15, 0.2) is 60.8 Å². The van der Waals surface area contributed by atoms with E-state index >= 15 is 0 Å². The molecule has 0 atom stereocenters. The van der Waals surface area contributed by atoms with Crippen LogP contribution in [0.1, 0.15) is 40.0 Å². The SMILES string of the molecule is O=Cc1cc2n(c1)Cc1ccc(Cl)cc1OC21CCN(Cc2ccccc2)CC1. The molecular formula is C24H23ClN2O2. The van der Waals surface area contributed by atoms with Crippen LogP contribution in [-0.4, -0.2) is 28.8 Å². The molecule has 29 heavy (non-hydrogen) atoms. The Balaban J connectivity index is 1.46. The second-order valence-corrected chi connectivity index (χ2v) is 8.45. The Morgan fingerprint density at radius 2 is 1.86 bits per heavy atom. The first-order chi connectivity index (χ1) is 14.1. The van der Waals surface area contributed by atoms with Gasteiger partial charge in [-0.25, -0.2) is 0 Å². The normalized spacial score (nSPS) is 17.8. The zero-order valence-corrected chi connectivity index (χ0v) is 16.9. The van der Waals surface area contributed by atoms with Gasteiger partial charge in [-0.05, 0) is 23.8 Å². The summed E-state index contributed by atoms with van der Waals surface area (Å²) in [5, 5.41) is 0.681. The lowest BCUT2D eigenvalue weighted by Gasteiger charge is -2.41. The molecule has 3 heterocycles. The first-order valence-corrected chi connectivity index (χ1v) is 10.4. The van der Waals surface area contributed by atoms with E-state index in [1.54, 1.807) is 0 Å². The van der Waals surface area contributed by atoms with Crippen molar-refractivity contribution in [3.8, 4) is 5.75 Å². The van der Waals surface area contributed by atoms with E-state index in [2.05, 4.69) is 39.8 Å². The number of aromatic nitrogens is 1. The number of likely N-dealkylation sites (tertiary alicyclic amines) is 1. The summed E-state index contributed by atoms with van der Waals surface area (Å²) in [6, 6.07) is 18.4. The molecule has 0 radical (unpaired) electrons. The van der Waals surface area contributed by atoms with E-state index in [0.29, 0.717) is 17.1 Å². The van der Waals surface area contributed by atoms with Crippen LogP contribution in [0.5, 0.6) is 5.75 Å². The number of halogens is 1. The minimum atomic E-state index is -0.440. The largest absolute Gasteiger partial charge is 0.481 e. The van der Waals surface area contributed by atoms with Crippen LogP contribution in [0.25, 0.3) is 0 Å². The summed E-state index contributed by atoms with van der Waals surface area (Å²) in [5.41, 5.74) is 3.77. The van der Waals surface area contributed by atoms with Crippen molar-refractivity contribution < 1.29 is 9.53 Å². The Kier molecular flexibility index (Phi) is 4.69. The fourth-order valence-corrected chi connectivity index (χ4v) is 4.75. The van der Waals surface area contributed by atoms with Crippen molar-refractivity contribution >= 4 is 17.9 Å². The molecule has 1 spiro atoms. The average molecular weight is 407 g/mol. The van der Waals surface area contributed by atoms with Crippen molar-refractivity contribution in [3.63, 3.8) is 0 Å². The van der Waals surface area contributed by atoms with Crippen LogP contribution in [0.4, 0.5) is 0 Å². The van der Waals surface area contributed by atoms with Gasteiger partial charge in [-0.3, -0.25) is 9.69 Å². The smallest absolute Gasteiger partial charge is 0.151 e. The molecule has 0 N–H and O–H groups in total. The highest BCUT2D eigenvalue weighted by Crippen LogP contribution is 2.43. The molecule has 5 rings (SSSR count). The fraction of sp³-hybridized carbons (Fsp3) is 0.292. The standard InChI is InChI=1S/C24H23ClN2O2/c25-21-7-6-20-16-27-15-19(17-28)12-23(27)24(29-22(20)13-21)8-10-26(11-9-24)14-18-4-2-1-3-5-18/h1-7,12-13,15,17H,8-11,14,16H2. The monoisotopic (exact) mass is 406 g/mol. The predicted octanol–water partition coefficient (Wildman–Crippen LogP) is 4.89. The lowest BCUT2D eigenvalue weighted by Crippen LogP contribution is -2.46. The van der Waals surface area contributed by atoms with Gasteiger partial charge >= 0.3 is 0 Å². The molecule has 1 fully saturated rings. The number of benzene rings is 2. The van der Waals surface area contributed by atoms with Gasteiger partial charge in [0, 0.05) is 54.8 Å². The molecule has 148 valence electrons. The summed E-state index contributed by atoms with van der Waals surface area (Å²) in [7, 11) is 0. The Morgan fingerprint density at radius 1 is 1.07 bits per heavy atom. The third kappa shape index (κ3) is 3.47. The Morgan fingerprint density at radius 3 is 2.62 bits per heavy atom. The molecule has 2 aliphatic rings. The molecule has 0 saturated carbocycles. The maximum absolute atomic E-state index is 11.4. The number of aldehydes is 1. The molecule has 2 aromatic carbocycles. The molecule has 1 saturated heterocycles. The van der Waals surface area contributed by atoms with E-state index < -0.39 is 5.60 Å². The van der Waals surface area contributed by atoms with Gasteiger partial charge in [0.2, 0.25) is 0 Å². The number of ether oxygens (including phenoxy) is 1. The number of hydrogen-bond acceptors (Lipinski definition) is 3. The van der Waals surface area contributed by atoms with Crippen LogP contribution in [-0.2, 0) is 18.7 Å². The maximum atomic E-state index is 11.4. The number of fused-ring (bicyclic) bond motifs is 3. The van der Waals surface area contributed by atoms with Crippen molar-refractivity contribution in [2.75, 3.05) is 13.1 Å². The molecule has 0 bridgehead atoms. The van der Waals surface area contributed by atoms with Gasteiger partial charge in [-0.1, -0.05) is 48.0 Å². The maximum Gasteiger partial charge on any atom is 0.151 e. The predicted molar refractivity (Wildman–Crippen MR) is 114 cm³/mol. The van der Waals surface area contributed by atoms with Gasteiger partial charge in [-0.2, -0.15) is 0 Å². The molecular weight excluding hydrogens is 384 g/mol. The number of hydrogen-bond donors (Lipinski definition) is 0. The van der Waals surface area contributed by atoms with Crippen LogP contribution in [0, 0.1) is 0 Å². The van der Waals surface area contributed by atoms with E-state index in [9.17, 15) is 4.79 Å². The number of piperidine rings is 1. The van der Waals surface area contributed by atoms with Gasteiger partial charge in [0.15, 0.2) is 11.9 Å². The van der Waals surface area contributed by atoms with Gasteiger partial charge < -0.3 is 9.30 Å². The number of carbonyl (C=O) groups is 1. The molecule has 0 aliphatic carbocycles. The highest BCUT2D eigenvalue weighted by Gasteiger charge is 2.42. The molecule has 5 heteroatoms. The number of carbonyl (C=O) groups excluding carboxylic acids is 1.